The Balaban J connectivity index is 2.68. The summed E-state index contributed by atoms with van der Waals surface area (Å²) in [7, 11) is 0. The predicted molar refractivity (Wildman–Crippen MR) is 76.2 cm³/mol. The molecule has 0 unspecified atom stereocenters. The molecule has 0 atom stereocenters. The van der Waals surface area contributed by atoms with Crippen molar-refractivity contribution in [2.75, 3.05) is 4.43 Å². The normalized spacial score (nSPS) is 9.56. The molecule has 0 saturated heterocycles. The molecule has 84 valence electrons. The number of alkyl halides is 1. The van der Waals surface area contributed by atoms with Crippen LogP contribution in [0.15, 0.2) is 48.2 Å². The van der Waals surface area contributed by atoms with Crippen LogP contribution in [0.2, 0.25) is 0 Å². The second-order valence-electron chi connectivity index (χ2n) is 3.50. The zero-order valence-electron chi connectivity index (χ0n) is 9.21. The van der Waals surface area contributed by atoms with Crippen LogP contribution in [-0.2, 0) is 0 Å². The van der Waals surface area contributed by atoms with Crippen molar-refractivity contribution in [2.24, 2.45) is 0 Å². The van der Waals surface area contributed by atoms with Crippen LogP contribution in [-0.4, -0.2) is 10.2 Å². The first-order valence-electron chi connectivity index (χ1n) is 5.34. The third-order valence-electron chi connectivity index (χ3n) is 2.33. The molecule has 1 nitrogen and oxygen atoms in total. The minimum absolute atomic E-state index is 0.0593. The Labute approximate surface area is 110 Å². The van der Waals surface area contributed by atoms with Crippen LogP contribution in [0.4, 0.5) is 0 Å². The van der Waals surface area contributed by atoms with E-state index in [0.29, 0.717) is 5.57 Å². The molecule has 0 fully saturated rings. The first-order chi connectivity index (χ1) is 7.79. The maximum atomic E-state index is 12.0. The number of carbonyl (C=O) groups is 1. The Morgan fingerprint density at radius 1 is 1.25 bits per heavy atom. The van der Waals surface area contributed by atoms with Crippen LogP contribution in [0.1, 0.15) is 29.6 Å². The van der Waals surface area contributed by atoms with Crippen LogP contribution in [0, 0.1) is 0 Å². The van der Waals surface area contributed by atoms with E-state index in [4.69, 9.17) is 0 Å². The van der Waals surface area contributed by atoms with Crippen molar-refractivity contribution in [2.45, 2.75) is 19.3 Å². The van der Waals surface area contributed by atoms with Crippen LogP contribution >= 0.6 is 22.6 Å². The molecule has 0 bridgehead atoms. The fourth-order valence-corrected chi connectivity index (χ4v) is 1.98. The van der Waals surface area contributed by atoms with Gasteiger partial charge in [0, 0.05) is 11.1 Å². The lowest BCUT2D eigenvalue weighted by Gasteiger charge is -2.03. The first kappa shape index (κ1) is 13.2. The number of hydrogen-bond donors (Lipinski definition) is 0. The number of Topliss-reactive ketones (excluding diaryl/α,β-unsaturated/α-hetero) is 1. The molecule has 0 spiro atoms. The number of rotatable bonds is 6. The minimum Gasteiger partial charge on any atom is -0.288 e. The third-order valence-corrected chi connectivity index (χ3v) is 3.10. The van der Waals surface area contributed by atoms with Gasteiger partial charge in [0.2, 0.25) is 0 Å². The van der Waals surface area contributed by atoms with E-state index < -0.39 is 0 Å². The molecule has 0 aromatic heterocycles. The number of halogens is 1. The average molecular weight is 326 g/mol. The van der Waals surface area contributed by atoms with Gasteiger partial charge < -0.3 is 0 Å². The van der Waals surface area contributed by atoms with Crippen LogP contribution in [0.25, 0.3) is 0 Å². The molecule has 0 heterocycles. The standard InChI is InChI=1S/C14H15IO/c1-2-12(8-6-7-11-15)14(16)13-9-4-3-5-10-13/h3-5,9-10H,1,6-8,11H2. The molecule has 1 rings (SSSR count). The Hall–Kier alpha value is -0.860. The molecule has 16 heavy (non-hydrogen) atoms. The lowest BCUT2D eigenvalue weighted by Crippen LogP contribution is -2.02. The molecule has 0 amide bonds. The van der Waals surface area contributed by atoms with Crippen LogP contribution < -0.4 is 0 Å². The van der Waals surface area contributed by atoms with E-state index in [-0.39, 0.29) is 5.78 Å². The van der Waals surface area contributed by atoms with Crippen molar-refractivity contribution >= 4 is 28.4 Å². The number of unbranched alkanes of at least 4 members (excludes halogenated alkanes) is 1. The Bertz CT molecular complexity index is 388. The summed E-state index contributed by atoms with van der Waals surface area (Å²) in [4.78, 5) is 12.0. The van der Waals surface area contributed by atoms with E-state index in [1.165, 1.54) is 0 Å². The van der Waals surface area contributed by atoms with Gasteiger partial charge in [0.15, 0.2) is 5.78 Å². The van der Waals surface area contributed by atoms with E-state index >= 15 is 0 Å². The summed E-state index contributed by atoms with van der Waals surface area (Å²) in [6.45, 7) is 3.60. The van der Waals surface area contributed by atoms with E-state index in [0.717, 1.165) is 29.3 Å². The average Bonchev–Trinajstić information content (AvgIpc) is 2.35. The van der Waals surface area contributed by atoms with Crippen molar-refractivity contribution in [1.82, 2.24) is 0 Å². The molecule has 0 saturated carbocycles. The van der Waals surface area contributed by atoms with Crippen molar-refractivity contribution < 1.29 is 4.79 Å². The number of allylic oxidation sites excluding steroid dienone is 1. The zero-order valence-corrected chi connectivity index (χ0v) is 11.4. The molecular weight excluding hydrogens is 311 g/mol. The molecular formula is C14H15IO. The SMILES string of the molecule is C=C=C(CCCCI)C(=O)c1ccccc1. The number of hydrogen-bond acceptors (Lipinski definition) is 1. The second-order valence-corrected chi connectivity index (χ2v) is 4.58. The van der Waals surface area contributed by atoms with E-state index in [1.54, 1.807) is 0 Å². The molecule has 2 heteroatoms. The van der Waals surface area contributed by atoms with Crippen LogP contribution in [0.3, 0.4) is 0 Å². The van der Waals surface area contributed by atoms with Gasteiger partial charge in [-0.15, -0.1) is 5.73 Å². The smallest absolute Gasteiger partial charge is 0.196 e. The van der Waals surface area contributed by atoms with Gasteiger partial charge in [-0.1, -0.05) is 59.5 Å². The topological polar surface area (TPSA) is 17.1 Å². The van der Waals surface area contributed by atoms with Crippen LogP contribution in [0.5, 0.6) is 0 Å². The van der Waals surface area contributed by atoms with E-state index in [2.05, 4.69) is 34.9 Å². The van der Waals surface area contributed by atoms with Gasteiger partial charge in [-0.25, -0.2) is 0 Å². The first-order valence-corrected chi connectivity index (χ1v) is 6.86. The largest absolute Gasteiger partial charge is 0.288 e. The van der Waals surface area contributed by atoms with Crippen molar-refractivity contribution in [3.05, 3.63) is 53.8 Å². The highest BCUT2D eigenvalue weighted by Crippen LogP contribution is 2.13. The van der Waals surface area contributed by atoms with Crippen molar-refractivity contribution in [3.63, 3.8) is 0 Å². The molecule has 0 radical (unpaired) electrons. The number of benzene rings is 1. The van der Waals surface area contributed by atoms with Gasteiger partial charge in [0.1, 0.15) is 0 Å². The van der Waals surface area contributed by atoms with E-state index in [9.17, 15) is 4.79 Å². The van der Waals surface area contributed by atoms with Gasteiger partial charge in [-0.05, 0) is 23.7 Å². The number of ketones is 1. The summed E-state index contributed by atoms with van der Waals surface area (Å²) >= 11 is 2.34. The minimum atomic E-state index is 0.0593. The second kappa shape index (κ2) is 7.42. The van der Waals surface area contributed by atoms with Gasteiger partial charge in [-0.3, -0.25) is 4.79 Å². The van der Waals surface area contributed by atoms with Gasteiger partial charge in [0.25, 0.3) is 0 Å². The monoisotopic (exact) mass is 326 g/mol. The number of carbonyl (C=O) groups excluding carboxylic acids is 1. The summed E-state index contributed by atoms with van der Waals surface area (Å²) in [6, 6.07) is 9.32. The van der Waals surface area contributed by atoms with Gasteiger partial charge >= 0.3 is 0 Å². The lowest BCUT2D eigenvalue weighted by molar-refractivity contribution is 0.103. The fraction of sp³-hybridized carbons (Fsp3) is 0.286. The highest BCUT2D eigenvalue weighted by molar-refractivity contribution is 14.1. The Kier molecular flexibility index (Phi) is 6.12. The van der Waals surface area contributed by atoms with Crippen molar-refractivity contribution in [1.29, 1.82) is 0 Å². The fourth-order valence-electron chi connectivity index (χ4n) is 1.44. The molecule has 1 aromatic rings. The summed E-state index contributed by atoms with van der Waals surface area (Å²) < 4.78 is 1.13. The maximum Gasteiger partial charge on any atom is 0.196 e. The molecule has 0 aliphatic rings. The Morgan fingerprint density at radius 3 is 2.50 bits per heavy atom. The zero-order chi connectivity index (χ0) is 11.8. The molecule has 0 N–H and O–H groups in total. The molecule has 0 aliphatic heterocycles. The molecule has 1 aromatic carbocycles. The highest BCUT2D eigenvalue weighted by atomic mass is 127. The van der Waals surface area contributed by atoms with E-state index in [1.807, 2.05) is 30.3 Å². The summed E-state index contributed by atoms with van der Waals surface area (Å²) in [6.07, 6.45) is 2.94. The maximum absolute atomic E-state index is 12.0. The van der Waals surface area contributed by atoms with Gasteiger partial charge in [0.05, 0.1) is 0 Å². The Morgan fingerprint density at radius 2 is 1.94 bits per heavy atom. The van der Waals surface area contributed by atoms with Gasteiger partial charge in [-0.2, -0.15) is 0 Å². The predicted octanol–water partition coefficient (Wildman–Crippen LogP) is 4.19. The lowest BCUT2D eigenvalue weighted by atomic mass is 10.00. The molecule has 0 aliphatic carbocycles. The third kappa shape index (κ3) is 3.95. The summed E-state index contributed by atoms with van der Waals surface area (Å²) in [5, 5.41) is 0. The summed E-state index contributed by atoms with van der Waals surface area (Å²) in [5.41, 5.74) is 4.20. The van der Waals surface area contributed by atoms with Crippen molar-refractivity contribution in [3.8, 4) is 0 Å². The highest BCUT2D eigenvalue weighted by Gasteiger charge is 2.10. The summed E-state index contributed by atoms with van der Waals surface area (Å²) in [5.74, 6) is 0.0593. The quantitative estimate of drug-likeness (QED) is 0.191.